The number of anilines is 1. The van der Waals surface area contributed by atoms with Gasteiger partial charge in [0.1, 0.15) is 11.6 Å². The topological polar surface area (TPSA) is 41.9 Å². The Kier molecular flexibility index (Phi) is 6.65. The molecule has 4 aromatic carbocycles. The molecule has 0 aliphatic carbocycles. The van der Waals surface area contributed by atoms with Gasteiger partial charge >= 0.3 is 0 Å². The van der Waals surface area contributed by atoms with Crippen molar-refractivity contribution in [3.05, 3.63) is 125 Å². The molecular weight excluding hydrogens is 408 g/mol. The van der Waals surface area contributed by atoms with Gasteiger partial charge in [0.05, 0.1) is 18.5 Å². The van der Waals surface area contributed by atoms with Crippen LogP contribution in [0.3, 0.4) is 0 Å². The molecule has 0 fully saturated rings. The van der Waals surface area contributed by atoms with Crippen LogP contribution in [0, 0.1) is 13.8 Å². The number of benzene rings is 4. The van der Waals surface area contributed by atoms with Crippen molar-refractivity contribution in [2.45, 2.75) is 13.8 Å². The molecule has 0 aliphatic rings. The zero-order valence-corrected chi connectivity index (χ0v) is 19.0. The van der Waals surface area contributed by atoms with Crippen molar-refractivity contribution in [1.29, 1.82) is 0 Å². The van der Waals surface area contributed by atoms with Gasteiger partial charge in [0.25, 0.3) is 5.91 Å². The number of methoxy groups -OCH3 is 1. The minimum Gasteiger partial charge on any atom is -0.495 e. The lowest BCUT2D eigenvalue weighted by atomic mass is 10.1. The van der Waals surface area contributed by atoms with E-state index in [1.165, 1.54) is 0 Å². The molecule has 0 saturated heterocycles. The van der Waals surface area contributed by atoms with Crippen LogP contribution in [-0.2, 0) is 0 Å². The van der Waals surface area contributed by atoms with Gasteiger partial charge in [0.15, 0.2) is 0 Å². The predicted octanol–water partition coefficient (Wildman–Crippen LogP) is 6.74. The van der Waals surface area contributed by atoms with Crippen LogP contribution < -0.4 is 9.64 Å². The third-order valence-electron chi connectivity index (χ3n) is 5.34. The molecule has 4 aromatic rings. The molecule has 0 radical (unpaired) electrons. The molecule has 0 heterocycles. The second-order valence-corrected chi connectivity index (χ2v) is 7.82. The summed E-state index contributed by atoms with van der Waals surface area (Å²) in [6.45, 7) is 4.04. The maximum absolute atomic E-state index is 14.0. The van der Waals surface area contributed by atoms with E-state index in [4.69, 9.17) is 9.73 Å². The number of aliphatic imine (C=N–C) groups is 1. The molecule has 0 N–H and O–H groups in total. The lowest BCUT2D eigenvalue weighted by Crippen LogP contribution is -2.38. The van der Waals surface area contributed by atoms with Gasteiger partial charge in [-0.05, 0) is 50.2 Å². The number of amidine groups is 1. The zero-order valence-electron chi connectivity index (χ0n) is 19.0. The fourth-order valence-corrected chi connectivity index (χ4v) is 3.53. The first-order valence-electron chi connectivity index (χ1n) is 10.8. The van der Waals surface area contributed by atoms with Gasteiger partial charge in [-0.2, -0.15) is 0 Å². The summed E-state index contributed by atoms with van der Waals surface area (Å²) in [6, 6.07) is 32.7. The maximum Gasteiger partial charge on any atom is 0.264 e. The second-order valence-electron chi connectivity index (χ2n) is 7.82. The van der Waals surface area contributed by atoms with Gasteiger partial charge in [0, 0.05) is 11.1 Å². The summed E-state index contributed by atoms with van der Waals surface area (Å²) in [7, 11) is 1.60. The Labute approximate surface area is 194 Å². The first-order valence-corrected chi connectivity index (χ1v) is 10.8. The van der Waals surface area contributed by atoms with Crippen LogP contribution in [0.1, 0.15) is 27.0 Å². The van der Waals surface area contributed by atoms with E-state index in [0.717, 1.165) is 22.4 Å². The Morgan fingerprint density at radius 1 is 0.697 bits per heavy atom. The standard InChI is InChI=1S/C29H26N2O2/c1-21-13-17-24(18-14-21)29(32)31(26-11-7-8-12-27(26)33-3)28(23-9-5-4-6-10-23)30-25-19-15-22(2)16-20-25/h4-20H,1-3H3. The minimum atomic E-state index is -0.186. The summed E-state index contributed by atoms with van der Waals surface area (Å²) in [4.78, 5) is 20.6. The molecule has 4 nitrogen and oxygen atoms in total. The molecule has 0 saturated carbocycles. The van der Waals surface area contributed by atoms with Crippen LogP contribution in [-0.4, -0.2) is 18.9 Å². The number of carbonyl (C=O) groups is 1. The third-order valence-corrected chi connectivity index (χ3v) is 5.34. The van der Waals surface area contributed by atoms with Gasteiger partial charge in [0.2, 0.25) is 0 Å². The summed E-state index contributed by atoms with van der Waals surface area (Å²) >= 11 is 0. The normalized spacial score (nSPS) is 11.2. The average Bonchev–Trinajstić information content (AvgIpc) is 2.86. The van der Waals surface area contributed by atoms with Crippen LogP contribution in [0.5, 0.6) is 5.75 Å². The van der Waals surface area contributed by atoms with Gasteiger partial charge in [-0.15, -0.1) is 0 Å². The lowest BCUT2D eigenvalue weighted by molar-refractivity contribution is 0.100. The highest BCUT2D eigenvalue weighted by atomic mass is 16.5. The van der Waals surface area contributed by atoms with E-state index in [-0.39, 0.29) is 5.91 Å². The molecule has 164 valence electrons. The number of aryl methyl sites for hydroxylation is 2. The molecule has 0 aliphatic heterocycles. The highest BCUT2D eigenvalue weighted by molar-refractivity contribution is 6.28. The van der Waals surface area contributed by atoms with Crippen molar-refractivity contribution < 1.29 is 9.53 Å². The number of hydrogen-bond acceptors (Lipinski definition) is 3. The van der Waals surface area contributed by atoms with Gasteiger partial charge in [-0.25, -0.2) is 4.99 Å². The quantitative estimate of drug-likeness (QED) is 0.258. The third kappa shape index (κ3) is 5.01. The van der Waals surface area contributed by atoms with Crippen LogP contribution >= 0.6 is 0 Å². The lowest BCUT2D eigenvalue weighted by Gasteiger charge is -2.26. The van der Waals surface area contributed by atoms with E-state index in [2.05, 4.69) is 0 Å². The van der Waals surface area contributed by atoms with E-state index in [9.17, 15) is 4.79 Å². The van der Waals surface area contributed by atoms with Crippen molar-refractivity contribution in [1.82, 2.24) is 0 Å². The summed E-state index contributed by atoms with van der Waals surface area (Å²) < 4.78 is 5.63. The predicted molar refractivity (Wildman–Crippen MR) is 135 cm³/mol. The molecule has 0 atom stereocenters. The minimum absolute atomic E-state index is 0.186. The molecule has 4 rings (SSSR count). The van der Waals surface area contributed by atoms with Crippen LogP contribution in [0.2, 0.25) is 0 Å². The molecule has 4 heteroatoms. The van der Waals surface area contributed by atoms with E-state index in [0.29, 0.717) is 22.8 Å². The Bertz CT molecular complexity index is 1260. The smallest absolute Gasteiger partial charge is 0.264 e. The summed E-state index contributed by atoms with van der Waals surface area (Å²) in [5.41, 5.74) is 5.01. The summed E-state index contributed by atoms with van der Waals surface area (Å²) in [6.07, 6.45) is 0. The molecule has 1 amide bonds. The molecule has 0 spiro atoms. The van der Waals surface area contributed by atoms with Crippen LogP contribution in [0.4, 0.5) is 11.4 Å². The number of para-hydroxylation sites is 2. The van der Waals surface area contributed by atoms with Gasteiger partial charge in [-0.1, -0.05) is 77.9 Å². The molecule has 0 aromatic heterocycles. The van der Waals surface area contributed by atoms with Crippen molar-refractivity contribution in [2.24, 2.45) is 4.99 Å². The highest BCUT2D eigenvalue weighted by Crippen LogP contribution is 2.32. The fourth-order valence-electron chi connectivity index (χ4n) is 3.53. The second kappa shape index (κ2) is 9.96. The first-order chi connectivity index (χ1) is 16.1. The van der Waals surface area contributed by atoms with E-state index >= 15 is 0 Å². The Morgan fingerprint density at radius 2 is 1.27 bits per heavy atom. The molecule has 0 bridgehead atoms. The van der Waals surface area contributed by atoms with E-state index in [1.807, 2.05) is 117 Å². The average molecular weight is 435 g/mol. The number of rotatable bonds is 5. The Balaban J connectivity index is 1.96. The highest BCUT2D eigenvalue weighted by Gasteiger charge is 2.27. The number of nitrogens with zero attached hydrogens (tertiary/aromatic N) is 2. The number of carbonyl (C=O) groups excluding carboxylic acids is 1. The van der Waals surface area contributed by atoms with Crippen LogP contribution in [0.25, 0.3) is 0 Å². The Morgan fingerprint density at radius 3 is 1.91 bits per heavy atom. The van der Waals surface area contributed by atoms with Crippen molar-refractivity contribution in [3.63, 3.8) is 0 Å². The first kappa shape index (κ1) is 22.0. The monoisotopic (exact) mass is 434 g/mol. The largest absolute Gasteiger partial charge is 0.495 e. The molecular formula is C29H26N2O2. The fraction of sp³-hybridized carbons (Fsp3) is 0.103. The van der Waals surface area contributed by atoms with E-state index in [1.54, 1.807) is 12.0 Å². The van der Waals surface area contributed by atoms with E-state index < -0.39 is 0 Å². The number of amides is 1. The maximum atomic E-state index is 14.0. The van der Waals surface area contributed by atoms with Crippen molar-refractivity contribution in [3.8, 4) is 5.75 Å². The number of hydrogen-bond donors (Lipinski definition) is 0. The molecule has 0 unspecified atom stereocenters. The summed E-state index contributed by atoms with van der Waals surface area (Å²) in [5, 5.41) is 0. The van der Waals surface area contributed by atoms with Gasteiger partial charge < -0.3 is 4.74 Å². The summed E-state index contributed by atoms with van der Waals surface area (Å²) in [5.74, 6) is 0.925. The van der Waals surface area contributed by atoms with Crippen LogP contribution in [0.15, 0.2) is 108 Å². The number of ether oxygens (including phenoxy) is 1. The van der Waals surface area contributed by atoms with Crippen molar-refractivity contribution >= 4 is 23.1 Å². The van der Waals surface area contributed by atoms with Crippen molar-refractivity contribution in [2.75, 3.05) is 12.0 Å². The van der Waals surface area contributed by atoms with Gasteiger partial charge in [-0.3, -0.25) is 9.69 Å². The molecule has 33 heavy (non-hydrogen) atoms. The Hall–Kier alpha value is -4.18. The zero-order chi connectivity index (χ0) is 23.2. The SMILES string of the molecule is COc1ccccc1N(C(=O)c1ccc(C)cc1)C(=Nc1ccc(C)cc1)c1ccccc1.